The van der Waals surface area contributed by atoms with Gasteiger partial charge in [-0.3, -0.25) is 9.69 Å². The number of anilines is 1. The number of alkyl halides is 3. The second kappa shape index (κ2) is 6.04. The maximum Gasteiger partial charge on any atom is 0.416 e. The molecule has 1 amide bonds. The van der Waals surface area contributed by atoms with Crippen molar-refractivity contribution in [3.05, 3.63) is 29.8 Å². The Morgan fingerprint density at radius 1 is 1.20 bits per heavy atom. The Hall–Kier alpha value is -1.23. The van der Waals surface area contributed by atoms with E-state index in [-0.39, 0.29) is 11.7 Å². The molecular weight excluding hydrogens is 291 g/mol. The first-order valence-corrected chi connectivity index (χ1v) is 6.93. The normalized spacial score (nSPS) is 17.0. The molecule has 20 heavy (non-hydrogen) atoms. The van der Waals surface area contributed by atoms with Crippen LogP contribution in [0.5, 0.6) is 0 Å². The van der Waals surface area contributed by atoms with Crippen LogP contribution in [0, 0.1) is 0 Å². The third kappa shape index (κ3) is 3.45. The second-order valence-electron chi connectivity index (χ2n) is 4.96. The number of nitrogens with zero attached hydrogens (tertiary/aromatic N) is 1. The summed E-state index contributed by atoms with van der Waals surface area (Å²) in [5.41, 5.74) is -0.555. The molecule has 0 atom stereocenters. The first kappa shape index (κ1) is 15.2. The molecule has 1 aliphatic carbocycles. The number of carbonyl (C=O) groups excluding carboxylic acids is 1. The summed E-state index contributed by atoms with van der Waals surface area (Å²) in [5, 5.41) is -0.726. The lowest BCUT2D eigenvalue weighted by atomic mass is 9.94. The third-order valence-electron chi connectivity index (χ3n) is 3.58. The fourth-order valence-electron chi connectivity index (χ4n) is 2.63. The maximum absolute atomic E-state index is 12.7. The number of halogens is 4. The number of amides is 1. The van der Waals surface area contributed by atoms with E-state index in [9.17, 15) is 18.0 Å². The van der Waals surface area contributed by atoms with Crippen molar-refractivity contribution in [1.82, 2.24) is 0 Å². The highest BCUT2D eigenvalue weighted by Crippen LogP contribution is 2.34. The largest absolute Gasteiger partial charge is 0.416 e. The van der Waals surface area contributed by atoms with Crippen LogP contribution in [0.4, 0.5) is 23.7 Å². The van der Waals surface area contributed by atoms with Gasteiger partial charge in [0, 0.05) is 11.7 Å². The van der Waals surface area contributed by atoms with Gasteiger partial charge in [0.2, 0.25) is 0 Å². The minimum Gasteiger partial charge on any atom is -0.296 e. The lowest BCUT2D eigenvalue weighted by Crippen LogP contribution is -2.38. The van der Waals surface area contributed by atoms with Crippen LogP contribution >= 0.6 is 11.6 Å². The summed E-state index contributed by atoms with van der Waals surface area (Å²) in [6.07, 6.45) is 0.130. The number of carbonyl (C=O) groups is 1. The summed E-state index contributed by atoms with van der Waals surface area (Å²) in [6.45, 7) is 0. The Kier molecular flexibility index (Phi) is 4.58. The third-order valence-corrected chi connectivity index (χ3v) is 3.76. The van der Waals surface area contributed by atoms with Crippen molar-refractivity contribution < 1.29 is 18.0 Å². The Morgan fingerprint density at radius 2 is 1.85 bits per heavy atom. The van der Waals surface area contributed by atoms with E-state index >= 15 is 0 Å². The zero-order valence-corrected chi connectivity index (χ0v) is 11.5. The van der Waals surface area contributed by atoms with Crippen molar-refractivity contribution in [2.24, 2.45) is 0 Å². The van der Waals surface area contributed by atoms with Crippen molar-refractivity contribution in [3.8, 4) is 0 Å². The summed E-state index contributed by atoms with van der Waals surface area (Å²) in [7, 11) is 0. The van der Waals surface area contributed by atoms with Gasteiger partial charge in [-0.2, -0.15) is 13.2 Å². The molecule has 110 valence electrons. The Morgan fingerprint density at radius 3 is 2.40 bits per heavy atom. The van der Waals surface area contributed by atoms with Crippen molar-refractivity contribution in [3.63, 3.8) is 0 Å². The van der Waals surface area contributed by atoms with Gasteiger partial charge in [-0.15, -0.1) is 0 Å². The van der Waals surface area contributed by atoms with Gasteiger partial charge in [-0.05, 0) is 42.6 Å². The molecule has 0 radical (unpaired) electrons. The average Bonchev–Trinajstić information content (AvgIpc) is 2.39. The monoisotopic (exact) mass is 305 g/mol. The number of hydrogen-bond acceptors (Lipinski definition) is 1. The molecule has 2 rings (SSSR count). The zero-order valence-electron chi connectivity index (χ0n) is 10.8. The van der Waals surface area contributed by atoms with E-state index in [0.717, 1.165) is 44.2 Å². The fourth-order valence-corrected chi connectivity index (χ4v) is 2.86. The highest BCUT2D eigenvalue weighted by molar-refractivity contribution is 6.66. The molecule has 0 unspecified atom stereocenters. The summed E-state index contributed by atoms with van der Waals surface area (Å²) in [4.78, 5) is 12.9. The molecule has 0 N–H and O–H groups in total. The van der Waals surface area contributed by atoms with E-state index in [1.165, 1.54) is 17.0 Å². The molecule has 1 fully saturated rings. The average molecular weight is 306 g/mol. The van der Waals surface area contributed by atoms with Gasteiger partial charge in [0.1, 0.15) is 0 Å². The molecule has 0 spiro atoms. The molecule has 2 nitrogen and oxygen atoms in total. The van der Waals surface area contributed by atoms with Crippen LogP contribution in [-0.4, -0.2) is 11.4 Å². The molecule has 1 saturated carbocycles. The maximum atomic E-state index is 12.7. The topological polar surface area (TPSA) is 20.3 Å². The van der Waals surface area contributed by atoms with Gasteiger partial charge >= 0.3 is 11.5 Å². The van der Waals surface area contributed by atoms with Crippen molar-refractivity contribution in [2.75, 3.05) is 4.90 Å². The molecule has 1 aromatic rings. The van der Waals surface area contributed by atoms with Gasteiger partial charge in [0.05, 0.1) is 5.56 Å². The van der Waals surface area contributed by atoms with Gasteiger partial charge in [0.15, 0.2) is 0 Å². The molecular formula is C14H15ClF3NO. The van der Waals surface area contributed by atoms with Crippen LogP contribution in [0.25, 0.3) is 0 Å². The molecule has 0 aromatic heterocycles. The number of hydrogen-bond donors (Lipinski definition) is 0. The summed E-state index contributed by atoms with van der Waals surface area (Å²) in [5.74, 6) is 0. The van der Waals surface area contributed by atoms with Crippen LogP contribution in [0.2, 0.25) is 0 Å². The van der Waals surface area contributed by atoms with E-state index in [1.54, 1.807) is 0 Å². The fraction of sp³-hybridized carbons (Fsp3) is 0.500. The van der Waals surface area contributed by atoms with Gasteiger partial charge in [0.25, 0.3) is 0 Å². The van der Waals surface area contributed by atoms with E-state index in [0.29, 0.717) is 0 Å². The van der Waals surface area contributed by atoms with Crippen LogP contribution < -0.4 is 4.90 Å². The Labute approximate surface area is 120 Å². The molecule has 0 bridgehead atoms. The molecule has 0 aliphatic heterocycles. The molecule has 0 saturated heterocycles. The zero-order chi connectivity index (χ0) is 14.8. The van der Waals surface area contributed by atoms with Crippen LogP contribution in [-0.2, 0) is 6.18 Å². The van der Waals surface area contributed by atoms with Gasteiger partial charge in [-0.1, -0.05) is 25.3 Å². The Bertz CT molecular complexity index is 484. The standard InChI is InChI=1S/C14H15ClF3NO/c15-13(20)19(11-6-2-1-3-7-11)12-8-4-5-10(9-12)14(16,17)18/h4-5,8-9,11H,1-3,6-7H2. The highest BCUT2D eigenvalue weighted by Gasteiger charge is 2.32. The van der Waals surface area contributed by atoms with E-state index < -0.39 is 17.1 Å². The first-order valence-electron chi connectivity index (χ1n) is 6.55. The lowest BCUT2D eigenvalue weighted by Gasteiger charge is -2.33. The van der Waals surface area contributed by atoms with E-state index in [1.807, 2.05) is 0 Å². The minimum atomic E-state index is -4.43. The minimum absolute atomic E-state index is 0.114. The van der Waals surface area contributed by atoms with Crippen LogP contribution in [0.3, 0.4) is 0 Å². The van der Waals surface area contributed by atoms with E-state index in [4.69, 9.17) is 11.6 Å². The molecule has 6 heteroatoms. The predicted molar refractivity (Wildman–Crippen MR) is 72.0 cm³/mol. The van der Waals surface area contributed by atoms with E-state index in [2.05, 4.69) is 0 Å². The number of rotatable bonds is 2. The SMILES string of the molecule is O=C(Cl)N(c1cccc(C(F)(F)F)c1)C1CCCCC1. The summed E-state index contributed by atoms with van der Waals surface area (Å²) in [6, 6.07) is 4.64. The molecule has 0 heterocycles. The van der Waals surface area contributed by atoms with Crippen molar-refractivity contribution in [2.45, 2.75) is 44.3 Å². The quantitative estimate of drug-likeness (QED) is 0.543. The predicted octanol–water partition coefficient (Wildman–Crippen LogP) is 5.20. The van der Waals surface area contributed by atoms with Crippen LogP contribution in [0.15, 0.2) is 24.3 Å². The molecule has 1 aliphatic rings. The lowest BCUT2D eigenvalue weighted by molar-refractivity contribution is -0.137. The first-order chi connectivity index (χ1) is 9.39. The number of benzene rings is 1. The molecule has 1 aromatic carbocycles. The van der Waals surface area contributed by atoms with Crippen molar-refractivity contribution >= 4 is 22.7 Å². The highest BCUT2D eigenvalue weighted by atomic mass is 35.5. The summed E-state index contributed by atoms with van der Waals surface area (Å²) >= 11 is 5.58. The van der Waals surface area contributed by atoms with Crippen molar-refractivity contribution in [1.29, 1.82) is 0 Å². The second-order valence-corrected chi connectivity index (χ2v) is 5.29. The van der Waals surface area contributed by atoms with Gasteiger partial charge in [-0.25, -0.2) is 0 Å². The Balaban J connectivity index is 2.32. The smallest absolute Gasteiger partial charge is 0.296 e. The summed E-state index contributed by atoms with van der Waals surface area (Å²) < 4.78 is 38.2. The van der Waals surface area contributed by atoms with Crippen LogP contribution in [0.1, 0.15) is 37.7 Å². The van der Waals surface area contributed by atoms with Gasteiger partial charge < -0.3 is 0 Å².